The van der Waals surface area contributed by atoms with Crippen LogP contribution in [0, 0.1) is 5.92 Å². The third-order valence-electron chi connectivity index (χ3n) is 5.68. The summed E-state index contributed by atoms with van der Waals surface area (Å²) in [5, 5.41) is 5.05. The van der Waals surface area contributed by atoms with Crippen LogP contribution in [0.1, 0.15) is 28.9 Å². The predicted octanol–water partition coefficient (Wildman–Crippen LogP) is 3.42. The van der Waals surface area contributed by atoms with E-state index in [0.717, 1.165) is 21.5 Å². The van der Waals surface area contributed by atoms with E-state index in [1.807, 2.05) is 58.3 Å². The molecule has 0 saturated carbocycles. The maximum Gasteiger partial charge on any atom is 0.270 e. The summed E-state index contributed by atoms with van der Waals surface area (Å²) in [6, 6.07) is 11.7. The number of carbonyl (C=O) groups is 2. The number of likely N-dealkylation sites (tertiary alicyclic amines) is 1. The molecule has 0 aliphatic carbocycles. The van der Waals surface area contributed by atoms with Crippen molar-refractivity contribution in [3.63, 3.8) is 0 Å². The largest absolute Gasteiger partial charge is 0.496 e. The van der Waals surface area contributed by atoms with Gasteiger partial charge in [-0.15, -0.1) is 11.3 Å². The van der Waals surface area contributed by atoms with Gasteiger partial charge in [-0.3, -0.25) is 9.59 Å². The third kappa shape index (κ3) is 3.87. The maximum atomic E-state index is 12.9. The first kappa shape index (κ1) is 19.5. The average molecular weight is 412 g/mol. The molecule has 3 aromatic rings. The van der Waals surface area contributed by atoms with E-state index in [-0.39, 0.29) is 17.7 Å². The molecule has 29 heavy (non-hydrogen) atoms. The Morgan fingerprint density at radius 1 is 1.21 bits per heavy atom. The Bertz CT molecular complexity index is 1030. The number of hydrogen-bond acceptors (Lipinski definition) is 4. The first-order valence-corrected chi connectivity index (χ1v) is 10.7. The Morgan fingerprint density at radius 3 is 2.69 bits per heavy atom. The van der Waals surface area contributed by atoms with Gasteiger partial charge in [-0.1, -0.05) is 18.2 Å². The molecular weight excluding hydrogens is 386 g/mol. The summed E-state index contributed by atoms with van der Waals surface area (Å²) >= 11 is 1.64. The molecule has 0 radical (unpaired) electrons. The van der Waals surface area contributed by atoms with E-state index in [1.165, 1.54) is 0 Å². The SMILES string of the molecule is COc1ccccc1CNC(=O)C1CCN(C(=O)c2cc3sccc3n2C)CC1. The van der Waals surface area contributed by atoms with Crippen LogP contribution in [0.3, 0.4) is 0 Å². The number of ether oxygens (including phenoxy) is 1. The number of aromatic nitrogens is 1. The fraction of sp³-hybridized carbons (Fsp3) is 0.364. The minimum absolute atomic E-state index is 0.0439. The molecule has 1 fully saturated rings. The fourth-order valence-corrected chi connectivity index (χ4v) is 4.79. The molecule has 0 bridgehead atoms. The molecule has 2 amide bonds. The highest BCUT2D eigenvalue weighted by atomic mass is 32.1. The van der Waals surface area contributed by atoms with E-state index < -0.39 is 0 Å². The molecule has 0 atom stereocenters. The topological polar surface area (TPSA) is 63.6 Å². The molecule has 3 heterocycles. The van der Waals surface area contributed by atoms with Gasteiger partial charge in [0.1, 0.15) is 11.4 Å². The van der Waals surface area contributed by atoms with Gasteiger partial charge in [0.25, 0.3) is 5.91 Å². The lowest BCUT2D eigenvalue weighted by Crippen LogP contribution is -2.43. The van der Waals surface area contributed by atoms with Crippen molar-refractivity contribution in [1.29, 1.82) is 0 Å². The molecule has 152 valence electrons. The standard InChI is InChI=1S/C22H25N3O3S/c1-24-17-9-12-29-20(17)13-18(24)22(27)25-10-7-15(8-11-25)21(26)23-14-16-5-3-4-6-19(16)28-2/h3-6,9,12-13,15H,7-8,10-11,14H2,1-2H3,(H,23,26). The van der Waals surface area contributed by atoms with Crippen molar-refractivity contribution >= 4 is 33.4 Å². The fourth-order valence-electron chi connectivity index (χ4n) is 3.94. The van der Waals surface area contributed by atoms with Crippen LogP contribution in [-0.4, -0.2) is 41.5 Å². The molecule has 1 aliphatic heterocycles. The quantitative estimate of drug-likeness (QED) is 0.700. The Labute approximate surface area is 174 Å². The number of amides is 2. The summed E-state index contributed by atoms with van der Waals surface area (Å²) in [6.45, 7) is 1.65. The number of methoxy groups -OCH3 is 1. The monoisotopic (exact) mass is 411 g/mol. The normalized spacial score (nSPS) is 14.9. The molecule has 0 spiro atoms. The highest BCUT2D eigenvalue weighted by molar-refractivity contribution is 7.17. The number of nitrogens with one attached hydrogen (secondary N) is 1. The van der Waals surface area contributed by atoms with Gasteiger partial charge in [0.2, 0.25) is 5.91 Å². The zero-order valence-electron chi connectivity index (χ0n) is 16.7. The molecule has 1 aliphatic rings. The molecule has 1 aromatic carbocycles. The number of fused-ring (bicyclic) bond motifs is 1. The summed E-state index contributed by atoms with van der Waals surface area (Å²) in [5.41, 5.74) is 2.76. The minimum Gasteiger partial charge on any atom is -0.496 e. The zero-order valence-corrected chi connectivity index (χ0v) is 17.5. The van der Waals surface area contributed by atoms with E-state index >= 15 is 0 Å². The highest BCUT2D eigenvalue weighted by Gasteiger charge is 2.29. The summed E-state index contributed by atoms with van der Waals surface area (Å²) in [4.78, 5) is 27.4. The van der Waals surface area contributed by atoms with E-state index in [4.69, 9.17) is 4.74 Å². The number of thiophene rings is 1. The minimum atomic E-state index is -0.0642. The number of rotatable bonds is 5. The predicted molar refractivity (Wildman–Crippen MR) is 114 cm³/mol. The lowest BCUT2D eigenvalue weighted by Gasteiger charge is -2.31. The summed E-state index contributed by atoms with van der Waals surface area (Å²) in [5.74, 6) is 0.799. The van der Waals surface area contributed by atoms with Crippen LogP contribution >= 0.6 is 11.3 Å². The van der Waals surface area contributed by atoms with Crippen LogP contribution in [0.4, 0.5) is 0 Å². The maximum absolute atomic E-state index is 12.9. The second-order valence-corrected chi connectivity index (χ2v) is 8.30. The molecule has 4 rings (SSSR count). The summed E-state index contributed by atoms with van der Waals surface area (Å²) < 4.78 is 8.42. The Kier molecular flexibility index (Phi) is 5.58. The van der Waals surface area contributed by atoms with Gasteiger partial charge in [0.05, 0.1) is 17.3 Å². The molecule has 6 nitrogen and oxygen atoms in total. The van der Waals surface area contributed by atoms with E-state index in [2.05, 4.69) is 5.32 Å². The molecule has 7 heteroatoms. The second kappa shape index (κ2) is 8.29. The van der Waals surface area contributed by atoms with Crippen molar-refractivity contribution in [1.82, 2.24) is 14.8 Å². The van der Waals surface area contributed by atoms with Crippen LogP contribution in [-0.2, 0) is 18.4 Å². The average Bonchev–Trinajstić information content (AvgIpc) is 3.34. The molecule has 1 N–H and O–H groups in total. The van der Waals surface area contributed by atoms with Crippen molar-refractivity contribution < 1.29 is 14.3 Å². The van der Waals surface area contributed by atoms with Gasteiger partial charge in [0.15, 0.2) is 0 Å². The van der Waals surface area contributed by atoms with E-state index in [9.17, 15) is 9.59 Å². The van der Waals surface area contributed by atoms with Crippen molar-refractivity contribution in [2.45, 2.75) is 19.4 Å². The lowest BCUT2D eigenvalue weighted by molar-refractivity contribution is -0.126. The van der Waals surface area contributed by atoms with Gasteiger partial charge in [-0.25, -0.2) is 0 Å². The van der Waals surface area contributed by atoms with Gasteiger partial charge in [-0.2, -0.15) is 0 Å². The van der Waals surface area contributed by atoms with Gasteiger partial charge in [0, 0.05) is 38.2 Å². The van der Waals surface area contributed by atoms with Crippen LogP contribution in [0.25, 0.3) is 10.2 Å². The second-order valence-electron chi connectivity index (χ2n) is 7.35. The smallest absolute Gasteiger partial charge is 0.270 e. The Balaban J connectivity index is 1.33. The molecule has 1 saturated heterocycles. The third-order valence-corrected chi connectivity index (χ3v) is 6.53. The zero-order chi connectivity index (χ0) is 20.4. The van der Waals surface area contributed by atoms with Crippen molar-refractivity contribution in [3.8, 4) is 5.75 Å². The summed E-state index contributed by atoms with van der Waals surface area (Å²) in [7, 11) is 3.56. The van der Waals surface area contributed by atoms with E-state index in [0.29, 0.717) is 38.2 Å². The van der Waals surface area contributed by atoms with Gasteiger partial charge < -0.3 is 19.5 Å². The number of para-hydroxylation sites is 1. The number of aryl methyl sites for hydroxylation is 1. The number of benzene rings is 1. The van der Waals surface area contributed by atoms with Crippen molar-refractivity contribution in [3.05, 3.63) is 53.0 Å². The van der Waals surface area contributed by atoms with Crippen LogP contribution < -0.4 is 10.1 Å². The first-order chi connectivity index (χ1) is 14.1. The van der Waals surface area contributed by atoms with Crippen LogP contribution in [0.5, 0.6) is 5.75 Å². The summed E-state index contributed by atoms with van der Waals surface area (Å²) in [6.07, 6.45) is 1.37. The number of hydrogen-bond donors (Lipinski definition) is 1. The van der Waals surface area contributed by atoms with Crippen molar-refractivity contribution in [2.24, 2.45) is 13.0 Å². The highest BCUT2D eigenvalue weighted by Crippen LogP contribution is 2.26. The van der Waals surface area contributed by atoms with Gasteiger partial charge >= 0.3 is 0 Å². The molecular formula is C22H25N3O3S. The van der Waals surface area contributed by atoms with Crippen LogP contribution in [0.15, 0.2) is 41.8 Å². The number of carbonyl (C=O) groups excluding carboxylic acids is 2. The Hall–Kier alpha value is -2.80. The Morgan fingerprint density at radius 2 is 1.97 bits per heavy atom. The number of piperidine rings is 1. The first-order valence-electron chi connectivity index (χ1n) is 9.80. The molecule has 2 aromatic heterocycles. The number of nitrogens with zero attached hydrogens (tertiary/aromatic N) is 2. The molecule has 0 unspecified atom stereocenters. The van der Waals surface area contributed by atoms with Crippen molar-refractivity contribution in [2.75, 3.05) is 20.2 Å². The lowest BCUT2D eigenvalue weighted by atomic mass is 9.95. The van der Waals surface area contributed by atoms with Gasteiger partial charge in [-0.05, 0) is 36.4 Å². The van der Waals surface area contributed by atoms with E-state index in [1.54, 1.807) is 18.4 Å². The van der Waals surface area contributed by atoms with Crippen LogP contribution in [0.2, 0.25) is 0 Å².